The van der Waals surface area contributed by atoms with E-state index in [1.54, 1.807) is 6.92 Å². The number of pyridine rings is 1. The normalized spacial score (nSPS) is 17.0. The van der Waals surface area contributed by atoms with E-state index in [2.05, 4.69) is 28.8 Å². The highest BCUT2D eigenvalue weighted by molar-refractivity contribution is 5.96. The van der Waals surface area contributed by atoms with E-state index in [-0.39, 0.29) is 19.2 Å². The number of hydrogen-bond acceptors (Lipinski definition) is 5. The van der Waals surface area contributed by atoms with Crippen molar-refractivity contribution < 1.29 is 15.0 Å². The Labute approximate surface area is 227 Å². The van der Waals surface area contributed by atoms with Gasteiger partial charge in [0, 0.05) is 44.3 Å². The predicted octanol–water partition coefficient (Wildman–Crippen LogP) is 5.42. The molecule has 0 spiro atoms. The smallest absolute Gasteiger partial charge is 0.286 e. The Morgan fingerprint density at radius 1 is 1.15 bits per heavy atom. The lowest BCUT2D eigenvalue weighted by Gasteiger charge is -2.24. The molecule has 1 fully saturated rings. The lowest BCUT2D eigenvalue weighted by Crippen LogP contribution is -2.36. The van der Waals surface area contributed by atoms with Gasteiger partial charge >= 0.3 is 0 Å². The Kier molecular flexibility index (Phi) is 7.25. The van der Waals surface area contributed by atoms with E-state index >= 15 is 0 Å². The molecular weight excluding hydrogens is 500 g/mol. The summed E-state index contributed by atoms with van der Waals surface area (Å²) in [7, 11) is 0. The van der Waals surface area contributed by atoms with Crippen molar-refractivity contribution in [2.24, 2.45) is 4.99 Å². The molecule has 3 aromatic rings. The Morgan fingerprint density at radius 2 is 1.87 bits per heavy atom. The molecule has 1 unspecified atom stereocenters. The second-order valence-corrected chi connectivity index (χ2v) is 10.1. The summed E-state index contributed by atoms with van der Waals surface area (Å²) in [6, 6.07) is 6.91. The van der Waals surface area contributed by atoms with Crippen LogP contribution in [0.2, 0.25) is 0 Å². The number of likely N-dealkylation sites (tertiary alicyclic amines) is 1. The third-order valence-electron chi connectivity index (χ3n) is 7.56. The van der Waals surface area contributed by atoms with Gasteiger partial charge in [0.05, 0.1) is 17.6 Å². The SMILES string of the molecule is CCc1cccc(CC)c1-n1c(C2=CCC(C)=N2)nc(=O)c(C(=O)N2CCC(c3ncc(F)cc3F)C2)c1C.[HH]. The first kappa shape index (κ1) is 26.6. The van der Waals surface area contributed by atoms with Gasteiger partial charge < -0.3 is 4.90 Å². The average Bonchev–Trinajstić information content (AvgIpc) is 3.57. The van der Waals surface area contributed by atoms with Gasteiger partial charge in [-0.25, -0.2) is 8.78 Å². The van der Waals surface area contributed by atoms with Crippen LogP contribution in [-0.2, 0) is 12.8 Å². The average molecular weight is 534 g/mol. The molecule has 0 aliphatic carbocycles. The molecule has 7 nitrogen and oxygen atoms in total. The van der Waals surface area contributed by atoms with Crippen molar-refractivity contribution in [3.8, 4) is 5.69 Å². The Balaban J connectivity index is 0.00000370. The van der Waals surface area contributed by atoms with E-state index in [0.29, 0.717) is 36.6 Å². The molecule has 0 N–H and O–H groups in total. The Morgan fingerprint density at radius 3 is 2.49 bits per heavy atom. The molecule has 0 saturated carbocycles. The van der Waals surface area contributed by atoms with Crippen molar-refractivity contribution in [1.29, 1.82) is 0 Å². The van der Waals surface area contributed by atoms with Crippen LogP contribution in [0.25, 0.3) is 11.4 Å². The van der Waals surface area contributed by atoms with Crippen molar-refractivity contribution in [3.05, 3.63) is 92.4 Å². The molecule has 204 valence electrons. The molecule has 4 heterocycles. The number of aliphatic imine (C=N–C) groups is 1. The minimum absolute atomic E-state index is 0. The van der Waals surface area contributed by atoms with Crippen LogP contribution in [0.5, 0.6) is 0 Å². The van der Waals surface area contributed by atoms with E-state index in [0.717, 1.165) is 47.6 Å². The fraction of sp³-hybridized carbons (Fsp3) is 0.367. The van der Waals surface area contributed by atoms with Gasteiger partial charge in [-0.15, -0.1) is 0 Å². The summed E-state index contributed by atoms with van der Waals surface area (Å²) in [6.07, 6.45) is 5.56. The number of rotatable bonds is 6. The number of allylic oxidation sites excluding steroid dienone is 1. The van der Waals surface area contributed by atoms with Crippen LogP contribution in [0, 0.1) is 18.6 Å². The maximum Gasteiger partial charge on any atom is 0.286 e. The van der Waals surface area contributed by atoms with Crippen LogP contribution in [0.4, 0.5) is 8.78 Å². The van der Waals surface area contributed by atoms with Crippen molar-refractivity contribution in [2.75, 3.05) is 13.1 Å². The summed E-state index contributed by atoms with van der Waals surface area (Å²) >= 11 is 0. The van der Waals surface area contributed by atoms with E-state index < -0.39 is 29.0 Å². The first-order chi connectivity index (χ1) is 18.7. The number of carbonyl (C=O) groups excluding carboxylic acids is 1. The maximum atomic E-state index is 14.4. The van der Waals surface area contributed by atoms with Crippen molar-refractivity contribution >= 4 is 17.3 Å². The standard InChI is InChI=1S/C30H31F2N5O2.H2/c1-5-19-8-7-9-20(6-2)27(19)37-18(4)25(29(38)35-28(37)24-11-10-17(3)34-24)30(39)36-13-12-21(16-36)26-23(32)14-22(31)15-33-26;/h7-9,11,14-15,21H,5-6,10,12-13,16H2,1-4H3;1H. The summed E-state index contributed by atoms with van der Waals surface area (Å²) in [5.41, 5.74) is 4.56. The number of para-hydroxylation sites is 1. The highest BCUT2D eigenvalue weighted by atomic mass is 19.1. The molecule has 5 rings (SSSR count). The number of carbonyl (C=O) groups is 1. The summed E-state index contributed by atoms with van der Waals surface area (Å²) < 4.78 is 29.7. The van der Waals surface area contributed by atoms with Gasteiger partial charge in [-0.05, 0) is 50.3 Å². The van der Waals surface area contributed by atoms with Crippen molar-refractivity contribution in [1.82, 2.24) is 19.4 Å². The Hall–Kier alpha value is -4.01. The first-order valence-corrected chi connectivity index (χ1v) is 13.3. The minimum atomic E-state index is -0.750. The van der Waals surface area contributed by atoms with Crippen LogP contribution in [0.1, 0.15) is 79.7 Å². The molecule has 39 heavy (non-hydrogen) atoms. The van der Waals surface area contributed by atoms with Crippen LogP contribution >= 0.6 is 0 Å². The molecule has 1 saturated heterocycles. The van der Waals surface area contributed by atoms with E-state index in [9.17, 15) is 18.4 Å². The topological polar surface area (TPSA) is 80.4 Å². The molecule has 2 aromatic heterocycles. The quantitative estimate of drug-likeness (QED) is 0.424. The van der Waals surface area contributed by atoms with E-state index in [1.807, 2.05) is 35.8 Å². The first-order valence-electron chi connectivity index (χ1n) is 13.3. The molecule has 0 bridgehead atoms. The molecule has 2 aliphatic rings. The van der Waals surface area contributed by atoms with Gasteiger partial charge in [-0.3, -0.25) is 24.1 Å². The fourth-order valence-corrected chi connectivity index (χ4v) is 5.56. The second kappa shape index (κ2) is 10.6. The van der Waals surface area contributed by atoms with E-state index in [1.165, 1.54) is 4.90 Å². The third-order valence-corrected chi connectivity index (χ3v) is 7.56. The fourth-order valence-electron chi connectivity index (χ4n) is 5.56. The number of nitrogens with zero attached hydrogens (tertiary/aromatic N) is 5. The zero-order valence-electron chi connectivity index (χ0n) is 22.6. The molecule has 1 aromatic carbocycles. The monoisotopic (exact) mass is 533 g/mol. The summed E-state index contributed by atoms with van der Waals surface area (Å²) in [5, 5.41) is 0. The number of aryl methyl sites for hydroxylation is 2. The highest BCUT2D eigenvalue weighted by Crippen LogP contribution is 2.32. The lowest BCUT2D eigenvalue weighted by molar-refractivity contribution is 0.0787. The zero-order valence-corrected chi connectivity index (χ0v) is 22.6. The van der Waals surface area contributed by atoms with Crippen LogP contribution in [0.15, 0.2) is 46.3 Å². The predicted molar refractivity (Wildman–Crippen MR) is 149 cm³/mol. The minimum Gasteiger partial charge on any atom is -0.338 e. The van der Waals surface area contributed by atoms with Crippen LogP contribution in [-0.4, -0.2) is 44.1 Å². The largest absolute Gasteiger partial charge is 0.338 e. The van der Waals surface area contributed by atoms with Gasteiger partial charge in [-0.2, -0.15) is 4.98 Å². The summed E-state index contributed by atoms with van der Waals surface area (Å²) in [4.78, 5) is 41.9. The highest BCUT2D eigenvalue weighted by Gasteiger charge is 2.34. The molecule has 0 radical (unpaired) electrons. The molecule has 2 aliphatic heterocycles. The zero-order chi connectivity index (χ0) is 27.8. The van der Waals surface area contributed by atoms with Gasteiger partial charge in [0.1, 0.15) is 22.9 Å². The van der Waals surface area contributed by atoms with Gasteiger partial charge in [0.15, 0.2) is 5.82 Å². The Bertz CT molecular complexity index is 1580. The van der Waals surface area contributed by atoms with Crippen LogP contribution < -0.4 is 5.56 Å². The van der Waals surface area contributed by atoms with Gasteiger partial charge in [0.25, 0.3) is 11.5 Å². The number of benzene rings is 1. The number of halogens is 2. The van der Waals surface area contributed by atoms with E-state index in [4.69, 9.17) is 0 Å². The summed E-state index contributed by atoms with van der Waals surface area (Å²) in [5.74, 6) is -1.92. The van der Waals surface area contributed by atoms with Gasteiger partial charge in [-0.1, -0.05) is 32.0 Å². The molecule has 1 atom stereocenters. The van der Waals surface area contributed by atoms with Gasteiger partial charge in [0.2, 0.25) is 0 Å². The molecule has 1 amide bonds. The number of amides is 1. The second-order valence-electron chi connectivity index (χ2n) is 10.1. The molecule has 9 heteroatoms. The van der Waals surface area contributed by atoms with Crippen molar-refractivity contribution in [3.63, 3.8) is 0 Å². The summed E-state index contributed by atoms with van der Waals surface area (Å²) in [6.45, 7) is 8.33. The maximum absolute atomic E-state index is 14.4. The third kappa shape index (κ3) is 4.82. The van der Waals surface area contributed by atoms with Crippen LogP contribution in [0.3, 0.4) is 0 Å². The van der Waals surface area contributed by atoms with Crippen molar-refractivity contribution in [2.45, 2.75) is 59.3 Å². The number of aromatic nitrogens is 3. The number of hydrogen-bond donors (Lipinski definition) is 0. The lowest BCUT2D eigenvalue weighted by atomic mass is 10.0. The molecular formula is C30H33F2N5O2.